The number of aryl methyl sites for hydroxylation is 1. The quantitative estimate of drug-likeness (QED) is 0.752. The number of carbonyl (C=O) groups is 1. The van der Waals surface area contributed by atoms with Crippen LogP contribution in [0.25, 0.3) is 11.4 Å². The molecule has 1 fully saturated rings. The minimum atomic E-state index is -0.0399. The Morgan fingerprint density at radius 3 is 3.00 bits per heavy atom. The van der Waals surface area contributed by atoms with Gasteiger partial charge in [-0.05, 0) is 43.7 Å². The highest BCUT2D eigenvalue weighted by Crippen LogP contribution is 2.23. The number of pyridine rings is 1. The predicted molar refractivity (Wildman–Crippen MR) is 102 cm³/mol. The normalized spacial score (nSPS) is 17.7. The summed E-state index contributed by atoms with van der Waals surface area (Å²) in [6.07, 6.45) is 5.32. The molecule has 27 heavy (non-hydrogen) atoms. The van der Waals surface area contributed by atoms with Crippen molar-refractivity contribution in [3.8, 4) is 11.4 Å². The summed E-state index contributed by atoms with van der Waals surface area (Å²) in [5, 5.41) is 7.49. The summed E-state index contributed by atoms with van der Waals surface area (Å²) >= 11 is 0. The molecule has 0 aromatic carbocycles. The molecule has 0 saturated carbocycles. The number of rotatable bonds is 5. The van der Waals surface area contributed by atoms with Gasteiger partial charge in [-0.1, -0.05) is 6.07 Å². The zero-order valence-corrected chi connectivity index (χ0v) is 15.3. The number of hydrogen-bond acceptors (Lipinski definition) is 5. The number of carbonyl (C=O) groups excluding carboxylic acids is 1. The van der Waals surface area contributed by atoms with Crippen molar-refractivity contribution in [3.63, 3.8) is 0 Å². The summed E-state index contributed by atoms with van der Waals surface area (Å²) in [6.45, 7) is 2.46. The third-order valence-corrected chi connectivity index (χ3v) is 4.89. The minimum absolute atomic E-state index is 0.0368. The Morgan fingerprint density at radius 2 is 2.22 bits per heavy atom. The molecule has 4 rings (SSSR count). The van der Waals surface area contributed by atoms with Gasteiger partial charge in [-0.25, -0.2) is 0 Å². The van der Waals surface area contributed by atoms with E-state index in [1.54, 1.807) is 17.1 Å². The minimum Gasteiger partial charge on any atom is -0.468 e. The van der Waals surface area contributed by atoms with E-state index >= 15 is 0 Å². The summed E-state index contributed by atoms with van der Waals surface area (Å²) in [5.41, 5.74) is 1.53. The molecule has 1 atom stereocenters. The second-order valence-electron chi connectivity index (χ2n) is 6.90. The van der Waals surface area contributed by atoms with Crippen molar-refractivity contribution in [3.05, 3.63) is 54.6 Å². The summed E-state index contributed by atoms with van der Waals surface area (Å²) in [7, 11) is 1.83. The van der Waals surface area contributed by atoms with E-state index in [1.807, 2.05) is 43.4 Å². The lowest BCUT2D eigenvalue weighted by Gasteiger charge is -2.31. The van der Waals surface area contributed by atoms with Crippen molar-refractivity contribution in [2.24, 2.45) is 13.0 Å². The topological polar surface area (TPSA) is 76.2 Å². The molecule has 140 valence electrons. The van der Waals surface area contributed by atoms with Crippen molar-refractivity contribution in [2.75, 3.05) is 18.4 Å². The third-order valence-electron chi connectivity index (χ3n) is 4.89. The van der Waals surface area contributed by atoms with Gasteiger partial charge in [-0.15, -0.1) is 0 Å². The van der Waals surface area contributed by atoms with Crippen molar-refractivity contribution in [1.82, 2.24) is 19.7 Å². The van der Waals surface area contributed by atoms with E-state index in [1.165, 1.54) is 0 Å². The van der Waals surface area contributed by atoms with Gasteiger partial charge in [0.15, 0.2) is 0 Å². The van der Waals surface area contributed by atoms with Crippen LogP contribution < -0.4 is 5.32 Å². The van der Waals surface area contributed by atoms with Gasteiger partial charge in [0.05, 0.1) is 24.4 Å². The standard InChI is InChI=1S/C20H23N5O2/c1-24-19(12-18(23-24)17-8-2-3-9-21-17)22-20(26)15-6-4-10-25(13-15)14-16-7-5-11-27-16/h2-3,5,7-9,11-12,15H,4,6,10,13-14H2,1H3,(H,22,26). The summed E-state index contributed by atoms with van der Waals surface area (Å²) in [5.74, 6) is 1.61. The summed E-state index contributed by atoms with van der Waals surface area (Å²) in [6, 6.07) is 11.4. The fourth-order valence-electron chi connectivity index (χ4n) is 3.49. The van der Waals surface area contributed by atoms with Gasteiger partial charge in [0.25, 0.3) is 0 Å². The van der Waals surface area contributed by atoms with Gasteiger partial charge >= 0.3 is 0 Å². The van der Waals surface area contributed by atoms with Crippen LogP contribution in [0.15, 0.2) is 53.3 Å². The van der Waals surface area contributed by atoms with Crippen LogP contribution in [0.2, 0.25) is 0 Å². The van der Waals surface area contributed by atoms with Gasteiger partial charge in [0.1, 0.15) is 17.3 Å². The molecule has 0 bridgehead atoms. The smallest absolute Gasteiger partial charge is 0.229 e. The molecule has 0 aliphatic carbocycles. The Bertz CT molecular complexity index is 889. The zero-order chi connectivity index (χ0) is 18.6. The fraction of sp³-hybridized carbons (Fsp3) is 0.350. The molecule has 1 N–H and O–H groups in total. The van der Waals surface area contributed by atoms with E-state index in [0.717, 1.165) is 49.6 Å². The molecule has 7 nitrogen and oxygen atoms in total. The van der Waals surface area contributed by atoms with Crippen molar-refractivity contribution in [2.45, 2.75) is 19.4 Å². The number of amides is 1. The van der Waals surface area contributed by atoms with Crippen LogP contribution in [0.3, 0.4) is 0 Å². The number of hydrogen-bond donors (Lipinski definition) is 1. The second kappa shape index (κ2) is 7.75. The molecule has 1 amide bonds. The highest BCUT2D eigenvalue weighted by atomic mass is 16.3. The first-order valence-corrected chi connectivity index (χ1v) is 9.20. The van der Waals surface area contributed by atoms with E-state index in [9.17, 15) is 4.79 Å². The average Bonchev–Trinajstić information content (AvgIpc) is 3.33. The van der Waals surface area contributed by atoms with Crippen LogP contribution in [0, 0.1) is 5.92 Å². The number of nitrogens with zero attached hydrogens (tertiary/aromatic N) is 4. The zero-order valence-electron chi connectivity index (χ0n) is 15.3. The molecule has 1 unspecified atom stereocenters. The Hall–Kier alpha value is -2.93. The number of aromatic nitrogens is 3. The monoisotopic (exact) mass is 365 g/mol. The molecule has 1 saturated heterocycles. The molecule has 1 aliphatic heterocycles. The molecule has 4 heterocycles. The summed E-state index contributed by atoms with van der Waals surface area (Å²) in [4.78, 5) is 19.4. The SMILES string of the molecule is Cn1nc(-c2ccccn2)cc1NC(=O)C1CCCN(Cc2ccco2)C1. The van der Waals surface area contributed by atoms with Gasteiger partial charge in [-0.3, -0.25) is 19.4 Å². The number of piperidine rings is 1. The maximum atomic E-state index is 12.8. The van der Waals surface area contributed by atoms with Crippen LogP contribution in [-0.4, -0.2) is 38.7 Å². The first-order valence-electron chi connectivity index (χ1n) is 9.20. The first kappa shape index (κ1) is 17.5. The van der Waals surface area contributed by atoms with Crippen molar-refractivity contribution < 1.29 is 9.21 Å². The maximum absolute atomic E-state index is 12.8. The molecule has 0 radical (unpaired) electrons. The average molecular weight is 365 g/mol. The Labute approximate surface area is 158 Å². The molecule has 7 heteroatoms. The van der Waals surface area contributed by atoms with Gasteiger partial charge in [-0.2, -0.15) is 5.10 Å². The molecule has 0 spiro atoms. The molecule has 3 aromatic rings. The lowest BCUT2D eigenvalue weighted by Crippen LogP contribution is -2.40. The van der Waals surface area contributed by atoms with E-state index in [2.05, 4.69) is 20.3 Å². The fourth-order valence-corrected chi connectivity index (χ4v) is 3.49. The third kappa shape index (κ3) is 4.09. The molecule has 1 aliphatic rings. The predicted octanol–water partition coefficient (Wildman–Crippen LogP) is 2.93. The van der Waals surface area contributed by atoms with Crippen molar-refractivity contribution in [1.29, 1.82) is 0 Å². The van der Waals surface area contributed by atoms with E-state index < -0.39 is 0 Å². The Morgan fingerprint density at radius 1 is 1.30 bits per heavy atom. The van der Waals surface area contributed by atoms with Gasteiger partial charge in [0.2, 0.25) is 5.91 Å². The lowest BCUT2D eigenvalue weighted by molar-refractivity contribution is -0.121. The van der Waals surface area contributed by atoms with Crippen LogP contribution >= 0.6 is 0 Å². The van der Waals surface area contributed by atoms with E-state index in [-0.39, 0.29) is 11.8 Å². The van der Waals surface area contributed by atoms with Crippen LogP contribution in [0.5, 0.6) is 0 Å². The van der Waals surface area contributed by atoms with E-state index in [4.69, 9.17) is 4.42 Å². The number of nitrogens with one attached hydrogen (secondary N) is 1. The van der Waals surface area contributed by atoms with Crippen LogP contribution in [-0.2, 0) is 18.4 Å². The Kier molecular flexibility index (Phi) is 5.02. The molecule has 3 aromatic heterocycles. The molecular weight excluding hydrogens is 342 g/mol. The number of anilines is 1. The number of furan rings is 1. The van der Waals surface area contributed by atoms with Crippen molar-refractivity contribution >= 4 is 11.7 Å². The Balaban J connectivity index is 1.40. The van der Waals surface area contributed by atoms with E-state index in [0.29, 0.717) is 5.82 Å². The van der Waals surface area contributed by atoms with Gasteiger partial charge < -0.3 is 9.73 Å². The summed E-state index contributed by atoms with van der Waals surface area (Å²) < 4.78 is 7.11. The van der Waals surface area contributed by atoms with Crippen LogP contribution in [0.1, 0.15) is 18.6 Å². The first-order chi connectivity index (χ1) is 13.2. The molecular formula is C20H23N5O2. The second-order valence-corrected chi connectivity index (χ2v) is 6.90. The lowest BCUT2D eigenvalue weighted by atomic mass is 9.97. The van der Waals surface area contributed by atoms with Crippen LogP contribution in [0.4, 0.5) is 5.82 Å². The van der Waals surface area contributed by atoms with Gasteiger partial charge in [0, 0.05) is 25.9 Å². The largest absolute Gasteiger partial charge is 0.468 e. The highest BCUT2D eigenvalue weighted by molar-refractivity contribution is 5.92. The highest BCUT2D eigenvalue weighted by Gasteiger charge is 2.27. The number of likely N-dealkylation sites (tertiary alicyclic amines) is 1. The maximum Gasteiger partial charge on any atom is 0.229 e.